The lowest BCUT2D eigenvalue weighted by molar-refractivity contribution is 0.436. The highest BCUT2D eigenvalue weighted by molar-refractivity contribution is 6.14. The molecule has 13 rings (SSSR count). The maximum atomic E-state index is 6.65. The molecule has 3 heterocycles. The van der Waals surface area contributed by atoms with Gasteiger partial charge in [-0.2, -0.15) is 0 Å². The first-order chi connectivity index (χ1) is 31.7. The van der Waals surface area contributed by atoms with Crippen molar-refractivity contribution in [1.82, 2.24) is 19.9 Å². The Morgan fingerprint density at radius 2 is 0.812 bits per heavy atom. The predicted octanol–water partition coefficient (Wildman–Crippen LogP) is 14.4. The molecule has 5 heteroatoms. The van der Waals surface area contributed by atoms with E-state index in [2.05, 4.69) is 158 Å². The van der Waals surface area contributed by atoms with E-state index in [4.69, 9.17) is 24.7 Å². The lowest BCUT2D eigenvalue weighted by Gasteiger charge is -2.39. The second kappa shape index (κ2) is 14.3. The van der Waals surface area contributed by atoms with Crippen molar-refractivity contribution >= 4 is 21.7 Å². The zero-order valence-electron chi connectivity index (χ0n) is 34.5. The molecule has 64 heavy (non-hydrogen) atoms. The van der Waals surface area contributed by atoms with Crippen LogP contribution in [0.15, 0.2) is 218 Å². The molecular formula is C59H36N4O. The largest absolute Gasteiger partial charge is 0.457 e. The van der Waals surface area contributed by atoms with Gasteiger partial charge in [0.2, 0.25) is 0 Å². The molecule has 9 aromatic carbocycles. The van der Waals surface area contributed by atoms with Gasteiger partial charge >= 0.3 is 0 Å². The van der Waals surface area contributed by atoms with Crippen LogP contribution in [0.25, 0.3) is 89.4 Å². The third kappa shape index (κ3) is 5.51. The number of pyridine rings is 1. The van der Waals surface area contributed by atoms with Crippen molar-refractivity contribution in [2.45, 2.75) is 5.41 Å². The summed E-state index contributed by atoms with van der Waals surface area (Å²) in [5.74, 6) is 3.64. The molecule has 0 bridgehead atoms. The monoisotopic (exact) mass is 816 g/mol. The summed E-state index contributed by atoms with van der Waals surface area (Å²) < 4.78 is 6.65. The van der Waals surface area contributed by atoms with Gasteiger partial charge in [0.25, 0.3) is 0 Å². The fraction of sp³-hybridized carbons (Fsp3) is 0.0169. The number of benzene rings is 9. The van der Waals surface area contributed by atoms with Gasteiger partial charge in [0.1, 0.15) is 11.5 Å². The van der Waals surface area contributed by atoms with E-state index in [9.17, 15) is 0 Å². The zero-order chi connectivity index (χ0) is 42.2. The Morgan fingerprint density at radius 1 is 0.297 bits per heavy atom. The van der Waals surface area contributed by atoms with E-state index in [1.807, 2.05) is 60.7 Å². The summed E-state index contributed by atoms with van der Waals surface area (Å²) in [7, 11) is 0. The lowest BCUT2D eigenvalue weighted by Crippen LogP contribution is -2.32. The molecule has 0 atom stereocenters. The Kier molecular flexibility index (Phi) is 8.06. The van der Waals surface area contributed by atoms with Gasteiger partial charge < -0.3 is 4.74 Å². The molecule has 2 aromatic heterocycles. The Labute approximate surface area is 370 Å². The standard InChI is InChI=1S/C59H36N4O/c1-4-17-37(18-5-1)55-47-35-46-43-25-10-11-26-48(43)59(49-27-12-14-29-53(49)64-54-30-15-13-28-50(54)59)51(46)36-45(47)44-32-31-41(34-52(44)60-55)40-23-16-24-42(33-40)58-62-56(38-19-6-2-7-20-38)61-57(63-58)39-21-8-3-9-22-39/h1-36H. The molecule has 0 unspecified atom stereocenters. The van der Waals surface area contributed by atoms with Crippen molar-refractivity contribution in [3.8, 4) is 79.2 Å². The van der Waals surface area contributed by atoms with E-state index in [0.29, 0.717) is 17.5 Å². The third-order valence-corrected chi connectivity index (χ3v) is 13.0. The average molecular weight is 817 g/mol. The summed E-state index contributed by atoms with van der Waals surface area (Å²) in [6.45, 7) is 0. The van der Waals surface area contributed by atoms with E-state index in [0.717, 1.165) is 83.4 Å². The Balaban J connectivity index is 1.02. The maximum absolute atomic E-state index is 6.65. The lowest BCUT2D eigenvalue weighted by atomic mass is 9.66. The topological polar surface area (TPSA) is 60.8 Å². The van der Waals surface area contributed by atoms with Gasteiger partial charge in [-0.05, 0) is 75.2 Å². The summed E-state index contributed by atoms with van der Waals surface area (Å²) >= 11 is 0. The molecule has 0 amide bonds. The number of ether oxygens (including phenoxy) is 1. The number of aromatic nitrogens is 4. The number of nitrogens with zero attached hydrogens (tertiary/aromatic N) is 4. The molecule has 0 saturated heterocycles. The quantitative estimate of drug-likeness (QED) is 0.162. The predicted molar refractivity (Wildman–Crippen MR) is 257 cm³/mol. The Hall–Kier alpha value is -8.54. The molecule has 0 fully saturated rings. The summed E-state index contributed by atoms with van der Waals surface area (Å²) in [4.78, 5) is 20.5. The van der Waals surface area contributed by atoms with Gasteiger partial charge in [0.05, 0.1) is 16.6 Å². The van der Waals surface area contributed by atoms with Crippen molar-refractivity contribution in [3.05, 3.63) is 241 Å². The zero-order valence-corrected chi connectivity index (χ0v) is 34.5. The molecule has 0 radical (unpaired) electrons. The summed E-state index contributed by atoms with van der Waals surface area (Å²) in [5.41, 5.74) is 14.5. The molecule has 0 N–H and O–H groups in total. The second-order valence-electron chi connectivity index (χ2n) is 16.5. The smallest absolute Gasteiger partial charge is 0.164 e. The van der Waals surface area contributed by atoms with Crippen LogP contribution in [0.4, 0.5) is 0 Å². The van der Waals surface area contributed by atoms with Crippen LogP contribution in [-0.2, 0) is 5.41 Å². The minimum atomic E-state index is -0.579. The maximum Gasteiger partial charge on any atom is 0.164 e. The van der Waals surface area contributed by atoms with Crippen LogP contribution in [0.3, 0.4) is 0 Å². The summed E-state index contributed by atoms with van der Waals surface area (Å²) in [6.07, 6.45) is 0. The number of hydrogen-bond donors (Lipinski definition) is 0. The van der Waals surface area contributed by atoms with Crippen LogP contribution >= 0.6 is 0 Å². The molecule has 1 aliphatic heterocycles. The Bertz CT molecular complexity index is 3540. The van der Waals surface area contributed by atoms with Gasteiger partial charge in [-0.3, -0.25) is 0 Å². The highest BCUT2D eigenvalue weighted by Gasteiger charge is 2.51. The van der Waals surface area contributed by atoms with Gasteiger partial charge in [-0.1, -0.05) is 182 Å². The molecule has 1 spiro atoms. The van der Waals surface area contributed by atoms with Crippen LogP contribution in [0, 0.1) is 0 Å². The molecule has 2 aliphatic rings. The van der Waals surface area contributed by atoms with Crippen LogP contribution in [0.1, 0.15) is 22.3 Å². The number of fused-ring (bicyclic) bond motifs is 12. The fourth-order valence-corrected chi connectivity index (χ4v) is 10.1. The number of para-hydroxylation sites is 2. The third-order valence-electron chi connectivity index (χ3n) is 13.0. The number of hydrogen-bond acceptors (Lipinski definition) is 5. The Morgan fingerprint density at radius 3 is 1.47 bits per heavy atom. The highest BCUT2D eigenvalue weighted by Crippen LogP contribution is 2.62. The summed E-state index contributed by atoms with van der Waals surface area (Å²) in [5, 5.41) is 3.36. The van der Waals surface area contributed by atoms with Gasteiger partial charge in [0, 0.05) is 44.2 Å². The number of rotatable bonds is 5. The molecular weight excluding hydrogens is 781 g/mol. The van der Waals surface area contributed by atoms with Crippen LogP contribution < -0.4 is 4.74 Å². The normalized spacial score (nSPS) is 12.9. The van der Waals surface area contributed by atoms with Gasteiger partial charge in [-0.15, -0.1) is 0 Å². The van der Waals surface area contributed by atoms with Crippen LogP contribution in [0.5, 0.6) is 11.5 Å². The minimum absolute atomic E-state index is 0.579. The van der Waals surface area contributed by atoms with Crippen LogP contribution in [0.2, 0.25) is 0 Å². The van der Waals surface area contributed by atoms with Crippen molar-refractivity contribution in [1.29, 1.82) is 0 Å². The van der Waals surface area contributed by atoms with E-state index in [1.165, 1.54) is 22.3 Å². The first kappa shape index (κ1) is 36.1. The highest BCUT2D eigenvalue weighted by atomic mass is 16.5. The molecule has 298 valence electrons. The van der Waals surface area contributed by atoms with E-state index in [1.54, 1.807) is 0 Å². The molecule has 5 nitrogen and oxygen atoms in total. The van der Waals surface area contributed by atoms with Gasteiger partial charge in [0.15, 0.2) is 17.5 Å². The molecule has 1 aliphatic carbocycles. The van der Waals surface area contributed by atoms with Gasteiger partial charge in [-0.25, -0.2) is 19.9 Å². The molecule has 0 saturated carbocycles. The van der Waals surface area contributed by atoms with Crippen molar-refractivity contribution < 1.29 is 4.74 Å². The van der Waals surface area contributed by atoms with E-state index >= 15 is 0 Å². The fourth-order valence-electron chi connectivity index (χ4n) is 10.1. The van der Waals surface area contributed by atoms with E-state index < -0.39 is 5.41 Å². The van der Waals surface area contributed by atoms with Crippen molar-refractivity contribution in [2.75, 3.05) is 0 Å². The van der Waals surface area contributed by atoms with E-state index in [-0.39, 0.29) is 0 Å². The SMILES string of the molecule is c1ccc(-c2nc(-c3ccccc3)nc(-c3cccc(-c4ccc5c(c4)nc(-c4ccccc4)c4cc6c(cc45)C4(c5ccccc5Oc5ccccc54)c4ccccc4-6)c3)n2)cc1. The first-order valence-corrected chi connectivity index (χ1v) is 21.6. The van der Waals surface area contributed by atoms with Crippen molar-refractivity contribution in [2.24, 2.45) is 0 Å². The van der Waals surface area contributed by atoms with Crippen molar-refractivity contribution in [3.63, 3.8) is 0 Å². The van der Waals surface area contributed by atoms with Crippen LogP contribution in [-0.4, -0.2) is 19.9 Å². The summed E-state index contributed by atoms with van der Waals surface area (Å²) in [6, 6.07) is 76.8. The molecule has 11 aromatic rings. The second-order valence-corrected chi connectivity index (χ2v) is 16.5. The average Bonchev–Trinajstić information content (AvgIpc) is 3.65. The minimum Gasteiger partial charge on any atom is -0.457 e. The first-order valence-electron chi connectivity index (χ1n) is 21.6.